The molecular formula is C26H36O10. The van der Waals surface area contributed by atoms with Gasteiger partial charge in [0.25, 0.3) is 0 Å². The third-order valence-electron chi connectivity index (χ3n) is 8.28. The second-order valence-corrected chi connectivity index (χ2v) is 11.1. The number of rotatable bonds is 7. The summed E-state index contributed by atoms with van der Waals surface area (Å²) in [5, 5.41) is 0. The molecule has 4 aliphatic rings. The van der Waals surface area contributed by atoms with Crippen molar-refractivity contribution in [3.8, 4) is 0 Å². The highest BCUT2D eigenvalue weighted by Gasteiger charge is 2.87. The van der Waals surface area contributed by atoms with Crippen molar-refractivity contribution in [2.75, 3.05) is 13.2 Å². The average molecular weight is 509 g/mol. The fourth-order valence-electron chi connectivity index (χ4n) is 6.55. The maximum atomic E-state index is 12.6. The SMILES string of the molecule is CC(=O)OC[C@]12C[C@H](OC(=O)CC(C)C)C(C)=C[C@H]1O[C@@H]1[C@H](OC(C)=O)[C@@H](OC(C)=O)[C@@]2(C)[C@]12CO2. The van der Waals surface area contributed by atoms with Crippen LogP contribution in [0.15, 0.2) is 11.6 Å². The molecule has 10 heteroatoms. The zero-order valence-corrected chi connectivity index (χ0v) is 22.0. The largest absolute Gasteiger partial charge is 0.465 e. The minimum absolute atomic E-state index is 0.0894. The van der Waals surface area contributed by atoms with Crippen molar-refractivity contribution in [2.45, 2.75) is 97.4 Å². The number of fused-ring (bicyclic) bond motifs is 2. The van der Waals surface area contributed by atoms with Crippen molar-refractivity contribution in [1.29, 1.82) is 0 Å². The van der Waals surface area contributed by atoms with Gasteiger partial charge >= 0.3 is 23.9 Å². The molecule has 0 N–H and O–H groups in total. The molecule has 0 radical (unpaired) electrons. The van der Waals surface area contributed by atoms with Gasteiger partial charge in [-0.15, -0.1) is 0 Å². The summed E-state index contributed by atoms with van der Waals surface area (Å²) in [6.45, 7) is 11.7. The van der Waals surface area contributed by atoms with Crippen molar-refractivity contribution >= 4 is 23.9 Å². The van der Waals surface area contributed by atoms with Gasteiger partial charge in [0.15, 0.2) is 12.2 Å². The topological polar surface area (TPSA) is 127 Å². The Morgan fingerprint density at radius 1 is 1.06 bits per heavy atom. The zero-order chi connectivity index (χ0) is 26.6. The van der Waals surface area contributed by atoms with Gasteiger partial charge < -0.3 is 28.4 Å². The number of esters is 4. The molecule has 2 bridgehead atoms. The van der Waals surface area contributed by atoms with Gasteiger partial charge in [-0.3, -0.25) is 19.2 Å². The van der Waals surface area contributed by atoms with Crippen molar-refractivity contribution in [3.63, 3.8) is 0 Å². The van der Waals surface area contributed by atoms with E-state index in [0.717, 1.165) is 5.57 Å². The van der Waals surface area contributed by atoms with Crippen LogP contribution in [-0.2, 0) is 47.6 Å². The molecule has 8 atom stereocenters. The van der Waals surface area contributed by atoms with Crippen LogP contribution in [0.5, 0.6) is 0 Å². The molecule has 2 aliphatic carbocycles. The molecule has 0 aromatic rings. The Morgan fingerprint density at radius 3 is 2.22 bits per heavy atom. The quantitative estimate of drug-likeness (QED) is 0.219. The molecule has 200 valence electrons. The maximum Gasteiger partial charge on any atom is 0.306 e. The van der Waals surface area contributed by atoms with Crippen molar-refractivity contribution in [1.82, 2.24) is 0 Å². The summed E-state index contributed by atoms with van der Waals surface area (Å²) < 4.78 is 35.7. The molecule has 2 saturated heterocycles. The van der Waals surface area contributed by atoms with Gasteiger partial charge in [0.05, 0.1) is 23.5 Å². The predicted molar refractivity (Wildman–Crippen MR) is 123 cm³/mol. The summed E-state index contributed by atoms with van der Waals surface area (Å²) in [6, 6.07) is 0. The normalized spacial score (nSPS) is 40.2. The molecular weight excluding hydrogens is 472 g/mol. The Labute approximate surface area is 210 Å². The van der Waals surface area contributed by atoms with Gasteiger partial charge in [0.1, 0.15) is 24.4 Å². The van der Waals surface area contributed by atoms with Crippen LogP contribution in [0.2, 0.25) is 0 Å². The fraction of sp³-hybridized carbons (Fsp3) is 0.769. The molecule has 1 spiro atoms. The van der Waals surface area contributed by atoms with Crippen molar-refractivity contribution in [2.24, 2.45) is 16.7 Å². The van der Waals surface area contributed by atoms with E-state index in [2.05, 4.69) is 0 Å². The van der Waals surface area contributed by atoms with Crippen LogP contribution in [-0.4, -0.2) is 73.2 Å². The second-order valence-electron chi connectivity index (χ2n) is 11.1. The lowest BCUT2D eigenvalue weighted by Crippen LogP contribution is -2.68. The van der Waals surface area contributed by atoms with Crippen molar-refractivity contribution < 1.29 is 47.6 Å². The van der Waals surface area contributed by atoms with E-state index in [1.807, 2.05) is 33.8 Å². The maximum absolute atomic E-state index is 12.6. The summed E-state index contributed by atoms with van der Waals surface area (Å²) in [5.41, 5.74) is -2.15. The third kappa shape index (κ3) is 4.02. The van der Waals surface area contributed by atoms with E-state index in [1.54, 1.807) is 0 Å². The van der Waals surface area contributed by atoms with Crippen LogP contribution in [0.4, 0.5) is 0 Å². The molecule has 36 heavy (non-hydrogen) atoms. The molecule has 3 fully saturated rings. The van der Waals surface area contributed by atoms with Crippen LogP contribution in [0, 0.1) is 16.7 Å². The minimum atomic E-state index is -1.01. The summed E-state index contributed by atoms with van der Waals surface area (Å²) in [5.74, 6) is -1.79. The number of ether oxygens (including phenoxy) is 6. The van der Waals surface area contributed by atoms with Crippen molar-refractivity contribution in [3.05, 3.63) is 11.6 Å². The first kappa shape index (κ1) is 26.6. The van der Waals surface area contributed by atoms with Crippen LogP contribution in [0.25, 0.3) is 0 Å². The Morgan fingerprint density at radius 2 is 1.69 bits per heavy atom. The van der Waals surface area contributed by atoms with E-state index in [4.69, 9.17) is 28.4 Å². The average Bonchev–Trinajstić information content (AvgIpc) is 3.52. The fourth-order valence-corrected chi connectivity index (χ4v) is 6.55. The van der Waals surface area contributed by atoms with Gasteiger partial charge in [-0.2, -0.15) is 0 Å². The summed E-state index contributed by atoms with van der Waals surface area (Å²) in [6.07, 6.45) is -1.38. The highest BCUT2D eigenvalue weighted by atomic mass is 16.7. The number of hydrogen-bond acceptors (Lipinski definition) is 10. The standard InChI is InChI=1S/C26H36O10/c1-13(2)8-20(30)35-18-10-25(11-31-15(4)27)19(9-14(18)3)36-23-21(33-16(5)28)22(34-17(6)29)24(25,7)26(23)12-32-26/h9,13,18-19,21-23H,8,10-12H2,1-7H3/t18-,19+,21+,22+,23+,24+,25+,26-/m0/s1. The number of epoxide rings is 1. The molecule has 0 amide bonds. The number of carbonyl (C=O) groups excluding carboxylic acids is 4. The monoisotopic (exact) mass is 508 g/mol. The first-order valence-corrected chi connectivity index (χ1v) is 12.4. The molecule has 4 rings (SSSR count). The van der Waals surface area contributed by atoms with E-state index in [0.29, 0.717) is 6.61 Å². The molecule has 10 nitrogen and oxygen atoms in total. The lowest BCUT2D eigenvalue weighted by molar-refractivity contribution is -0.241. The molecule has 0 unspecified atom stereocenters. The highest BCUT2D eigenvalue weighted by molar-refractivity contribution is 5.70. The second kappa shape index (κ2) is 9.13. The first-order chi connectivity index (χ1) is 16.8. The highest BCUT2D eigenvalue weighted by Crippen LogP contribution is 2.72. The molecule has 2 aliphatic heterocycles. The number of hydrogen-bond donors (Lipinski definition) is 0. The predicted octanol–water partition coefficient (Wildman–Crippen LogP) is 2.26. The van der Waals surface area contributed by atoms with E-state index in [9.17, 15) is 19.2 Å². The summed E-state index contributed by atoms with van der Waals surface area (Å²) in [4.78, 5) is 49.0. The minimum Gasteiger partial charge on any atom is -0.465 e. The van der Waals surface area contributed by atoms with Crippen LogP contribution < -0.4 is 0 Å². The van der Waals surface area contributed by atoms with Gasteiger partial charge in [0, 0.05) is 33.6 Å². The van der Waals surface area contributed by atoms with Crippen LogP contribution in [0.1, 0.15) is 61.3 Å². The van der Waals surface area contributed by atoms with Crippen LogP contribution >= 0.6 is 0 Å². The van der Waals surface area contributed by atoms with Gasteiger partial charge in [-0.05, 0) is 18.4 Å². The van der Waals surface area contributed by atoms with Gasteiger partial charge in [0.2, 0.25) is 0 Å². The van der Waals surface area contributed by atoms with E-state index in [-0.39, 0.29) is 31.3 Å². The Hall–Kier alpha value is -2.46. The van der Waals surface area contributed by atoms with E-state index < -0.39 is 64.9 Å². The lowest BCUT2D eigenvalue weighted by Gasteiger charge is -2.58. The Kier molecular flexibility index (Phi) is 6.75. The van der Waals surface area contributed by atoms with Gasteiger partial charge in [-0.25, -0.2) is 0 Å². The molecule has 1 saturated carbocycles. The molecule has 0 aromatic heterocycles. The van der Waals surface area contributed by atoms with Gasteiger partial charge in [-0.1, -0.05) is 26.8 Å². The Bertz CT molecular complexity index is 981. The molecule has 2 heterocycles. The first-order valence-electron chi connectivity index (χ1n) is 12.4. The van der Waals surface area contributed by atoms with E-state index >= 15 is 0 Å². The summed E-state index contributed by atoms with van der Waals surface area (Å²) >= 11 is 0. The smallest absolute Gasteiger partial charge is 0.306 e. The third-order valence-corrected chi connectivity index (χ3v) is 8.28. The number of carbonyl (C=O) groups is 4. The lowest BCUT2D eigenvalue weighted by atomic mass is 9.51. The zero-order valence-electron chi connectivity index (χ0n) is 22.0. The molecule has 0 aromatic carbocycles. The Balaban J connectivity index is 1.83. The van der Waals surface area contributed by atoms with Crippen LogP contribution in [0.3, 0.4) is 0 Å². The van der Waals surface area contributed by atoms with E-state index in [1.165, 1.54) is 20.8 Å². The summed E-state index contributed by atoms with van der Waals surface area (Å²) in [7, 11) is 0.